The van der Waals surface area contributed by atoms with Crippen LogP contribution in [-0.2, 0) is 6.42 Å². The molecule has 5 rings (SSSR count). The molecule has 5 heteroatoms. The maximum Gasteiger partial charge on any atom is 0.186 e. The SMILES string of the molecule is O=C(c1c[nH]c2cc(-c3ccccn3)ccc12)[C@@H](NCCc1ccc(F)cc1)c1ccccc1. The monoisotopic (exact) mass is 449 g/mol. The quantitative estimate of drug-likeness (QED) is 0.280. The van der Waals surface area contributed by atoms with Crippen LogP contribution in [0.2, 0.25) is 0 Å². The molecule has 5 aromatic rings. The van der Waals surface area contributed by atoms with Crippen molar-refractivity contribution in [3.63, 3.8) is 0 Å². The molecule has 0 saturated carbocycles. The van der Waals surface area contributed by atoms with Gasteiger partial charge in [-0.15, -0.1) is 0 Å². The Hall–Kier alpha value is -4.09. The lowest BCUT2D eigenvalue weighted by Gasteiger charge is -2.18. The molecule has 0 spiro atoms. The number of benzene rings is 3. The van der Waals surface area contributed by atoms with E-state index in [0.29, 0.717) is 18.5 Å². The summed E-state index contributed by atoms with van der Waals surface area (Å²) >= 11 is 0. The number of hydrogen-bond acceptors (Lipinski definition) is 3. The van der Waals surface area contributed by atoms with E-state index in [-0.39, 0.29) is 11.6 Å². The summed E-state index contributed by atoms with van der Waals surface area (Å²) in [5.41, 5.74) is 5.34. The number of pyridine rings is 1. The Labute approximate surface area is 197 Å². The number of nitrogens with zero attached hydrogens (tertiary/aromatic N) is 1. The van der Waals surface area contributed by atoms with Crippen LogP contribution in [0, 0.1) is 5.82 Å². The van der Waals surface area contributed by atoms with Gasteiger partial charge in [0.1, 0.15) is 5.82 Å². The molecule has 2 heterocycles. The lowest BCUT2D eigenvalue weighted by molar-refractivity contribution is 0.0945. The summed E-state index contributed by atoms with van der Waals surface area (Å²) in [5.74, 6) is -0.248. The summed E-state index contributed by atoms with van der Waals surface area (Å²) in [5, 5.41) is 4.30. The van der Waals surface area contributed by atoms with Crippen LogP contribution in [0.4, 0.5) is 4.39 Å². The van der Waals surface area contributed by atoms with E-state index in [1.54, 1.807) is 24.5 Å². The van der Waals surface area contributed by atoms with Gasteiger partial charge in [-0.3, -0.25) is 9.78 Å². The summed E-state index contributed by atoms with van der Waals surface area (Å²) in [7, 11) is 0. The highest BCUT2D eigenvalue weighted by molar-refractivity contribution is 6.11. The molecule has 34 heavy (non-hydrogen) atoms. The fourth-order valence-corrected chi connectivity index (χ4v) is 4.20. The Kier molecular flexibility index (Phi) is 6.27. The number of fused-ring (bicyclic) bond motifs is 1. The number of aromatic amines is 1. The minimum Gasteiger partial charge on any atom is -0.360 e. The van der Waals surface area contributed by atoms with E-state index in [2.05, 4.69) is 15.3 Å². The molecule has 0 radical (unpaired) electrons. The molecule has 3 aromatic carbocycles. The second-order valence-electron chi connectivity index (χ2n) is 8.22. The highest BCUT2D eigenvalue weighted by atomic mass is 19.1. The molecular weight excluding hydrogens is 425 g/mol. The lowest BCUT2D eigenvalue weighted by Crippen LogP contribution is -2.30. The van der Waals surface area contributed by atoms with E-state index in [1.165, 1.54) is 12.1 Å². The number of hydrogen-bond donors (Lipinski definition) is 2. The van der Waals surface area contributed by atoms with E-state index in [4.69, 9.17) is 0 Å². The second kappa shape index (κ2) is 9.81. The summed E-state index contributed by atoms with van der Waals surface area (Å²) in [6.07, 6.45) is 4.25. The van der Waals surface area contributed by atoms with Crippen LogP contribution >= 0.6 is 0 Å². The molecule has 168 valence electrons. The molecule has 0 aliphatic heterocycles. The van der Waals surface area contributed by atoms with Crippen molar-refractivity contribution in [2.24, 2.45) is 0 Å². The smallest absolute Gasteiger partial charge is 0.186 e. The highest BCUT2D eigenvalue weighted by Gasteiger charge is 2.24. The predicted octanol–water partition coefficient (Wildman–Crippen LogP) is 6.13. The Bertz CT molecular complexity index is 1400. The number of H-pyrrole nitrogens is 1. The third kappa shape index (κ3) is 4.65. The molecule has 4 nitrogen and oxygen atoms in total. The van der Waals surface area contributed by atoms with E-state index >= 15 is 0 Å². The van der Waals surface area contributed by atoms with E-state index in [0.717, 1.165) is 33.3 Å². The molecule has 0 aliphatic carbocycles. The number of halogens is 1. The van der Waals surface area contributed by atoms with Crippen molar-refractivity contribution in [2.75, 3.05) is 6.54 Å². The van der Waals surface area contributed by atoms with Gasteiger partial charge < -0.3 is 10.3 Å². The summed E-state index contributed by atoms with van der Waals surface area (Å²) in [6.45, 7) is 0.586. The Morgan fingerprint density at radius 2 is 1.74 bits per heavy atom. The predicted molar refractivity (Wildman–Crippen MR) is 133 cm³/mol. The van der Waals surface area contributed by atoms with Crippen LogP contribution in [0.1, 0.15) is 27.5 Å². The van der Waals surface area contributed by atoms with Crippen molar-refractivity contribution < 1.29 is 9.18 Å². The number of ketones is 1. The van der Waals surface area contributed by atoms with Gasteiger partial charge in [0.25, 0.3) is 0 Å². The largest absolute Gasteiger partial charge is 0.360 e. The van der Waals surface area contributed by atoms with Crippen molar-refractivity contribution in [3.05, 3.63) is 126 Å². The normalized spacial score (nSPS) is 12.0. The van der Waals surface area contributed by atoms with E-state index < -0.39 is 6.04 Å². The van der Waals surface area contributed by atoms with Gasteiger partial charge >= 0.3 is 0 Å². The maximum atomic E-state index is 13.7. The second-order valence-corrected chi connectivity index (χ2v) is 8.22. The van der Waals surface area contributed by atoms with E-state index in [1.807, 2.05) is 66.7 Å². The van der Waals surface area contributed by atoms with Gasteiger partial charge in [-0.05, 0) is 47.9 Å². The fraction of sp³-hybridized carbons (Fsp3) is 0.103. The van der Waals surface area contributed by atoms with Gasteiger partial charge in [0, 0.05) is 41.0 Å². The Balaban J connectivity index is 1.40. The standard InChI is InChI=1S/C29H24FN3O/c30-23-12-9-20(10-13-23)15-17-32-28(21-6-2-1-3-7-21)29(34)25-19-33-27-18-22(11-14-24(25)27)26-8-4-5-16-31-26/h1-14,16,18-19,28,32-33H,15,17H2/t28-/m0/s1. The van der Waals surface area contributed by atoms with Gasteiger partial charge in [0.05, 0.1) is 11.7 Å². The minimum atomic E-state index is -0.490. The number of carbonyl (C=O) groups is 1. The van der Waals surface area contributed by atoms with Crippen molar-refractivity contribution in [2.45, 2.75) is 12.5 Å². The van der Waals surface area contributed by atoms with Crippen LogP contribution in [-0.4, -0.2) is 22.3 Å². The number of Topliss-reactive ketones (excluding diaryl/α,β-unsaturated/α-hetero) is 1. The minimum absolute atomic E-state index is 0.00198. The average molecular weight is 450 g/mol. The van der Waals surface area contributed by atoms with Crippen molar-refractivity contribution in [1.82, 2.24) is 15.3 Å². The first-order valence-corrected chi connectivity index (χ1v) is 11.3. The van der Waals surface area contributed by atoms with Gasteiger partial charge in [-0.1, -0.05) is 60.7 Å². The van der Waals surface area contributed by atoms with Crippen LogP contribution in [0.25, 0.3) is 22.2 Å². The molecule has 2 aromatic heterocycles. The first-order valence-electron chi connectivity index (χ1n) is 11.3. The molecule has 0 aliphatic rings. The van der Waals surface area contributed by atoms with Gasteiger partial charge in [-0.2, -0.15) is 0 Å². The molecule has 0 fully saturated rings. The summed E-state index contributed by atoms with van der Waals surface area (Å²) < 4.78 is 13.2. The number of carbonyl (C=O) groups excluding carboxylic acids is 1. The Morgan fingerprint density at radius 1 is 0.941 bits per heavy atom. The molecule has 2 N–H and O–H groups in total. The molecule has 0 unspecified atom stereocenters. The molecule has 1 atom stereocenters. The fourth-order valence-electron chi connectivity index (χ4n) is 4.20. The lowest BCUT2D eigenvalue weighted by atomic mass is 9.96. The van der Waals surface area contributed by atoms with Gasteiger partial charge in [0.2, 0.25) is 0 Å². The summed E-state index contributed by atoms with van der Waals surface area (Å²) in [6, 6.07) is 27.5. The molecule has 0 bridgehead atoms. The Morgan fingerprint density at radius 3 is 2.50 bits per heavy atom. The third-order valence-electron chi connectivity index (χ3n) is 5.98. The highest BCUT2D eigenvalue weighted by Crippen LogP contribution is 2.28. The summed E-state index contributed by atoms with van der Waals surface area (Å²) in [4.78, 5) is 21.4. The van der Waals surface area contributed by atoms with Crippen LogP contribution in [0.3, 0.4) is 0 Å². The number of aromatic nitrogens is 2. The van der Waals surface area contributed by atoms with Gasteiger partial charge in [-0.25, -0.2) is 4.39 Å². The maximum absolute atomic E-state index is 13.7. The average Bonchev–Trinajstić information content (AvgIpc) is 3.32. The van der Waals surface area contributed by atoms with E-state index in [9.17, 15) is 9.18 Å². The third-order valence-corrected chi connectivity index (χ3v) is 5.98. The molecule has 0 amide bonds. The number of nitrogens with one attached hydrogen (secondary N) is 2. The molecular formula is C29H24FN3O. The van der Waals surface area contributed by atoms with Crippen molar-refractivity contribution in [1.29, 1.82) is 0 Å². The van der Waals surface area contributed by atoms with Crippen molar-refractivity contribution in [3.8, 4) is 11.3 Å². The zero-order valence-corrected chi connectivity index (χ0v) is 18.5. The van der Waals surface area contributed by atoms with Gasteiger partial charge in [0.15, 0.2) is 5.78 Å². The van der Waals surface area contributed by atoms with Crippen LogP contribution in [0.5, 0.6) is 0 Å². The van der Waals surface area contributed by atoms with Crippen LogP contribution in [0.15, 0.2) is 103 Å². The van der Waals surface area contributed by atoms with Crippen LogP contribution < -0.4 is 5.32 Å². The zero-order valence-electron chi connectivity index (χ0n) is 18.5. The first-order chi connectivity index (χ1) is 16.7. The van der Waals surface area contributed by atoms with Crippen molar-refractivity contribution >= 4 is 16.7 Å². The molecule has 0 saturated heterocycles. The first kappa shape index (κ1) is 21.7. The topological polar surface area (TPSA) is 57.8 Å². The zero-order chi connectivity index (χ0) is 23.3. The number of rotatable bonds is 8.